The minimum absolute atomic E-state index is 0.00337. The van der Waals surface area contributed by atoms with E-state index in [1.165, 1.54) is 11.8 Å². The molecule has 128 valence electrons. The number of likely N-dealkylation sites (tertiary alicyclic amines) is 1. The van der Waals surface area contributed by atoms with Crippen molar-refractivity contribution in [2.75, 3.05) is 13.1 Å². The molecule has 1 amide bonds. The van der Waals surface area contributed by atoms with Crippen LogP contribution in [0.5, 0.6) is 5.75 Å². The standard InChI is InChI=1S/C19H24N2O3/c1-13-3-4-14(2)18(9-13)24-16-5-7-21(8-6-16)19(22)15-10-17(11-20)23-12-15/h3-4,9-10,12,16H,5-8,11,20H2,1-2H3. The number of nitrogens with zero attached hydrogens (tertiary/aromatic N) is 1. The highest BCUT2D eigenvalue weighted by Gasteiger charge is 2.25. The number of furan rings is 1. The van der Waals surface area contributed by atoms with E-state index in [4.69, 9.17) is 14.9 Å². The maximum absolute atomic E-state index is 12.5. The Morgan fingerprint density at radius 3 is 2.71 bits per heavy atom. The summed E-state index contributed by atoms with van der Waals surface area (Å²) in [5.74, 6) is 1.58. The lowest BCUT2D eigenvalue weighted by molar-refractivity contribution is 0.0593. The second-order valence-electron chi connectivity index (χ2n) is 6.38. The molecule has 5 heteroatoms. The van der Waals surface area contributed by atoms with Gasteiger partial charge in [-0.1, -0.05) is 12.1 Å². The van der Waals surface area contributed by atoms with Crippen molar-refractivity contribution in [2.45, 2.75) is 39.3 Å². The Labute approximate surface area is 142 Å². The lowest BCUT2D eigenvalue weighted by Gasteiger charge is -2.32. The molecule has 5 nitrogen and oxygen atoms in total. The van der Waals surface area contributed by atoms with E-state index in [0.717, 1.165) is 24.2 Å². The molecule has 1 fully saturated rings. The van der Waals surface area contributed by atoms with Gasteiger partial charge in [0.2, 0.25) is 0 Å². The number of aryl methyl sites for hydroxylation is 2. The Balaban J connectivity index is 1.57. The van der Waals surface area contributed by atoms with Crippen molar-refractivity contribution in [3.63, 3.8) is 0 Å². The maximum Gasteiger partial charge on any atom is 0.257 e. The Morgan fingerprint density at radius 2 is 2.04 bits per heavy atom. The summed E-state index contributed by atoms with van der Waals surface area (Å²) in [5, 5.41) is 0. The van der Waals surface area contributed by atoms with E-state index >= 15 is 0 Å². The SMILES string of the molecule is Cc1ccc(C)c(OC2CCN(C(=O)c3coc(CN)c3)CC2)c1. The van der Waals surface area contributed by atoms with Crippen LogP contribution in [0.4, 0.5) is 0 Å². The molecule has 0 spiro atoms. The summed E-state index contributed by atoms with van der Waals surface area (Å²) < 4.78 is 11.4. The number of rotatable bonds is 4. The molecule has 0 unspecified atom stereocenters. The number of amides is 1. The number of hydrogen-bond donors (Lipinski definition) is 1. The predicted molar refractivity (Wildman–Crippen MR) is 92.1 cm³/mol. The Kier molecular flexibility index (Phi) is 4.90. The molecular formula is C19H24N2O3. The van der Waals surface area contributed by atoms with Gasteiger partial charge in [-0.25, -0.2) is 0 Å². The number of ether oxygens (including phenoxy) is 1. The van der Waals surface area contributed by atoms with Gasteiger partial charge in [0, 0.05) is 25.9 Å². The van der Waals surface area contributed by atoms with Gasteiger partial charge in [0.1, 0.15) is 23.9 Å². The first-order valence-corrected chi connectivity index (χ1v) is 8.37. The summed E-state index contributed by atoms with van der Waals surface area (Å²) >= 11 is 0. The topological polar surface area (TPSA) is 68.7 Å². The molecule has 0 atom stereocenters. The van der Waals surface area contributed by atoms with Gasteiger partial charge in [-0.05, 0) is 37.1 Å². The van der Waals surface area contributed by atoms with E-state index in [-0.39, 0.29) is 12.0 Å². The summed E-state index contributed by atoms with van der Waals surface area (Å²) in [4.78, 5) is 14.3. The van der Waals surface area contributed by atoms with Gasteiger partial charge in [-0.2, -0.15) is 0 Å². The lowest BCUT2D eigenvalue weighted by Crippen LogP contribution is -2.41. The van der Waals surface area contributed by atoms with E-state index in [0.29, 0.717) is 31.0 Å². The van der Waals surface area contributed by atoms with Gasteiger partial charge in [-0.15, -0.1) is 0 Å². The average molecular weight is 328 g/mol. The van der Waals surface area contributed by atoms with Gasteiger partial charge in [-0.3, -0.25) is 4.79 Å². The fourth-order valence-electron chi connectivity index (χ4n) is 2.97. The molecule has 2 aromatic rings. The molecule has 0 saturated carbocycles. The van der Waals surface area contributed by atoms with E-state index in [1.807, 2.05) is 4.90 Å². The van der Waals surface area contributed by atoms with Crippen LogP contribution in [0.1, 0.15) is 40.1 Å². The molecule has 1 saturated heterocycles. The Bertz CT molecular complexity index is 715. The van der Waals surface area contributed by atoms with Crippen molar-refractivity contribution in [3.8, 4) is 5.75 Å². The van der Waals surface area contributed by atoms with Crippen molar-refractivity contribution >= 4 is 5.91 Å². The molecule has 24 heavy (non-hydrogen) atoms. The van der Waals surface area contributed by atoms with Crippen LogP contribution in [0.15, 0.2) is 34.9 Å². The van der Waals surface area contributed by atoms with Crippen LogP contribution >= 0.6 is 0 Å². The summed E-state index contributed by atoms with van der Waals surface area (Å²) in [6, 6.07) is 7.97. The van der Waals surface area contributed by atoms with Crippen LogP contribution < -0.4 is 10.5 Å². The molecule has 1 aliphatic heterocycles. The fraction of sp³-hybridized carbons (Fsp3) is 0.421. The quantitative estimate of drug-likeness (QED) is 0.936. The van der Waals surface area contributed by atoms with E-state index in [9.17, 15) is 4.79 Å². The molecule has 0 bridgehead atoms. The highest BCUT2D eigenvalue weighted by atomic mass is 16.5. The third-order valence-corrected chi connectivity index (χ3v) is 4.47. The highest BCUT2D eigenvalue weighted by Crippen LogP contribution is 2.24. The number of nitrogens with two attached hydrogens (primary N) is 1. The lowest BCUT2D eigenvalue weighted by atomic mass is 10.1. The minimum Gasteiger partial charge on any atom is -0.490 e. The number of benzene rings is 1. The zero-order valence-corrected chi connectivity index (χ0v) is 14.2. The summed E-state index contributed by atoms with van der Waals surface area (Å²) in [6.07, 6.45) is 3.31. The summed E-state index contributed by atoms with van der Waals surface area (Å²) in [6.45, 7) is 5.81. The first-order chi connectivity index (χ1) is 11.6. The van der Waals surface area contributed by atoms with Crippen LogP contribution in [0.3, 0.4) is 0 Å². The van der Waals surface area contributed by atoms with E-state index in [1.54, 1.807) is 6.07 Å². The molecule has 0 aliphatic carbocycles. The van der Waals surface area contributed by atoms with E-state index < -0.39 is 0 Å². The van der Waals surface area contributed by atoms with Crippen molar-refractivity contribution in [3.05, 3.63) is 53.0 Å². The van der Waals surface area contributed by atoms with Crippen molar-refractivity contribution < 1.29 is 13.9 Å². The molecule has 2 heterocycles. The largest absolute Gasteiger partial charge is 0.490 e. The Hall–Kier alpha value is -2.27. The zero-order chi connectivity index (χ0) is 17.1. The molecule has 1 aromatic carbocycles. The maximum atomic E-state index is 12.5. The van der Waals surface area contributed by atoms with Crippen LogP contribution in [-0.4, -0.2) is 30.0 Å². The minimum atomic E-state index is 0.00337. The molecular weight excluding hydrogens is 304 g/mol. The summed E-state index contributed by atoms with van der Waals surface area (Å²) in [7, 11) is 0. The van der Waals surface area contributed by atoms with E-state index in [2.05, 4.69) is 32.0 Å². The third kappa shape index (κ3) is 3.62. The molecule has 3 rings (SSSR count). The number of carbonyl (C=O) groups excluding carboxylic acids is 1. The van der Waals surface area contributed by atoms with Crippen molar-refractivity contribution in [1.82, 2.24) is 4.90 Å². The van der Waals surface area contributed by atoms with Crippen LogP contribution in [0, 0.1) is 13.8 Å². The first kappa shape index (κ1) is 16.6. The second-order valence-corrected chi connectivity index (χ2v) is 6.38. The molecule has 0 radical (unpaired) electrons. The van der Waals surface area contributed by atoms with Crippen LogP contribution in [-0.2, 0) is 6.54 Å². The number of hydrogen-bond acceptors (Lipinski definition) is 4. The van der Waals surface area contributed by atoms with Gasteiger partial charge >= 0.3 is 0 Å². The van der Waals surface area contributed by atoms with Crippen molar-refractivity contribution in [2.24, 2.45) is 5.73 Å². The van der Waals surface area contributed by atoms with Gasteiger partial charge in [0.25, 0.3) is 5.91 Å². The van der Waals surface area contributed by atoms with Crippen molar-refractivity contribution in [1.29, 1.82) is 0 Å². The molecule has 1 aliphatic rings. The van der Waals surface area contributed by atoms with Crippen LogP contribution in [0.25, 0.3) is 0 Å². The summed E-state index contributed by atoms with van der Waals surface area (Å²) in [5.41, 5.74) is 8.43. The van der Waals surface area contributed by atoms with Gasteiger partial charge in [0.05, 0.1) is 12.1 Å². The fourth-order valence-corrected chi connectivity index (χ4v) is 2.97. The smallest absolute Gasteiger partial charge is 0.257 e. The molecule has 2 N–H and O–H groups in total. The predicted octanol–water partition coefficient (Wildman–Crippen LogP) is 3.04. The monoisotopic (exact) mass is 328 g/mol. The van der Waals surface area contributed by atoms with Crippen LogP contribution in [0.2, 0.25) is 0 Å². The number of piperidine rings is 1. The number of carbonyl (C=O) groups is 1. The first-order valence-electron chi connectivity index (χ1n) is 8.37. The Morgan fingerprint density at radius 1 is 1.29 bits per heavy atom. The van der Waals surface area contributed by atoms with Gasteiger partial charge in [0.15, 0.2) is 0 Å². The third-order valence-electron chi connectivity index (χ3n) is 4.47. The molecule has 1 aromatic heterocycles. The zero-order valence-electron chi connectivity index (χ0n) is 14.2. The van der Waals surface area contributed by atoms with Gasteiger partial charge < -0.3 is 19.8 Å². The second kappa shape index (κ2) is 7.09. The average Bonchev–Trinajstić information content (AvgIpc) is 3.07. The highest BCUT2D eigenvalue weighted by molar-refractivity contribution is 5.94. The normalized spacial score (nSPS) is 15.5.